The lowest BCUT2D eigenvalue weighted by atomic mass is 10.1. The Morgan fingerprint density at radius 2 is 0.818 bits per heavy atom. The van der Waals surface area contributed by atoms with Gasteiger partial charge in [-0.1, -0.05) is 14.9 Å². The maximum absolute atomic E-state index is 5.62. The molecule has 0 bridgehead atoms. The lowest BCUT2D eigenvalue weighted by Crippen LogP contribution is -2.31. The Labute approximate surface area is 73.1 Å². The van der Waals surface area contributed by atoms with Crippen molar-refractivity contribution in [1.82, 2.24) is 0 Å². The van der Waals surface area contributed by atoms with Crippen LogP contribution in [0.15, 0.2) is 0 Å². The highest BCUT2D eigenvalue weighted by Crippen LogP contribution is 2.17. The Hall–Kier alpha value is -0.0400. The van der Waals surface area contributed by atoms with Crippen molar-refractivity contribution in [3.05, 3.63) is 0 Å². The highest BCUT2D eigenvalue weighted by molar-refractivity contribution is 4.68. The summed E-state index contributed by atoms with van der Waals surface area (Å²) in [4.78, 5) is 0. The minimum Gasteiger partial charge on any atom is -0.370 e. The first-order valence-corrected chi connectivity index (χ1v) is 3.41. The van der Waals surface area contributed by atoms with E-state index in [1.807, 2.05) is 0 Å². The third-order valence-corrected chi connectivity index (χ3v) is 0.612. The molecule has 0 saturated carbocycles. The summed E-state index contributed by atoms with van der Waals surface area (Å²) < 4.78 is 5.62. The average molecular weight is 162 g/mol. The van der Waals surface area contributed by atoms with E-state index in [1.165, 1.54) is 0 Å². The molecule has 0 spiro atoms. The number of ether oxygens (including phenoxy) is 1. The van der Waals surface area contributed by atoms with E-state index in [-0.39, 0.29) is 26.1 Å². The van der Waals surface area contributed by atoms with Crippen LogP contribution in [0.25, 0.3) is 0 Å². The van der Waals surface area contributed by atoms with Gasteiger partial charge in [-0.15, -0.1) is 0 Å². The first kappa shape index (κ1) is 17.2. The van der Waals surface area contributed by atoms with Gasteiger partial charge in [-0.25, -0.2) is 0 Å². The second-order valence-electron chi connectivity index (χ2n) is 4.33. The third-order valence-electron chi connectivity index (χ3n) is 0.612. The minimum absolute atomic E-state index is 0. The zero-order chi connectivity index (χ0) is 7.71. The molecule has 11 heavy (non-hydrogen) atoms. The second kappa shape index (κ2) is 4.76. The summed E-state index contributed by atoms with van der Waals surface area (Å²) in [6.07, 6.45) is 0. The lowest BCUT2D eigenvalue weighted by molar-refractivity contribution is -0.102. The molecule has 0 amide bonds. The van der Waals surface area contributed by atoms with Gasteiger partial charge in [0.2, 0.25) is 0 Å². The van der Waals surface area contributed by atoms with Crippen LogP contribution in [0.2, 0.25) is 0 Å². The largest absolute Gasteiger partial charge is 0.370 e. The van der Waals surface area contributed by atoms with E-state index in [2.05, 4.69) is 41.5 Å². The fourth-order valence-electron chi connectivity index (χ4n) is 0.919. The molecule has 0 rings (SSSR count). The maximum Gasteiger partial charge on any atom is 0.0605 e. The maximum atomic E-state index is 5.62. The van der Waals surface area contributed by atoms with Crippen molar-refractivity contribution >= 4 is 0 Å². The van der Waals surface area contributed by atoms with Crippen LogP contribution < -0.4 is 0 Å². The molecule has 0 heterocycles. The molecule has 0 saturated heterocycles. The summed E-state index contributed by atoms with van der Waals surface area (Å²) in [6, 6.07) is 0. The van der Waals surface area contributed by atoms with Crippen molar-refractivity contribution in [2.75, 3.05) is 0 Å². The van der Waals surface area contributed by atoms with Gasteiger partial charge in [0.05, 0.1) is 11.2 Å². The molecular weight excluding hydrogens is 136 g/mol. The SMILES string of the molecule is C.C.CC(C)(C)OC(C)(C)C. The standard InChI is InChI=1S/C8H18O.2CH4/c1-7(2,3)9-8(4,5)6;;/h1-6H3;2*1H4. The molecule has 0 fully saturated rings. The number of rotatable bonds is 0. The lowest BCUT2D eigenvalue weighted by Gasteiger charge is -2.30. The van der Waals surface area contributed by atoms with Crippen LogP contribution in [0.1, 0.15) is 56.4 Å². The molecule has 0 aliphatic heterocycles. The topological polar surface area (TPSA) is 9.23 Å². The minimum atomic E-state index is -0.0156. The van der Waals surface area contributed by atoms with Gasteiger partial charge in [0.15, 0.2) is 0 Å². The van der Waals surface area contributed by atoms with Crippen LogP contribution >= 0.6 is 0 Å². The fourth-order valence-corrected chi connectivity index (χ4v) is 0.919. The second-order valence-corrected chi connectivity index (χ2v) is 4.33. The van der Waals surface area contributed by atoms with Gasteiger partial charge < -0.3 is 4.74 Å². The van der Waals surface area contributed by atoms with Gasteiger partial charge in [-0.05, 0) is 41.5 Å². The van der Waals surface area contributed by atoms with Crippen LogP contribution in [0.4, 0.5) is 0 Å². The van der Waals surface area contributed by atoms with Gasteiger partial charge in [0, 0.05) is 0 Å². The Bertz CT molecular complexity index is 70.0. The molecular formula is C10H26O. The van der Waals surface area contributed by atoms with Gasteiger partial charge in [-0.3, -0.25) is 0 Å². The molecule has 0 aromatic heterocycles. The number of hydrogen-bond acceptors (Lipinski definition) is 1. The van der Waals surface area contributed by atoms with E-state index in [9.17, 15) is 0 Å². The van der Waals surface area contributed by atoms with Crippen molar-refractivity contribution in [1.29, 1.82) is 0 Å². The third kappa shape index (κ3) is 17.8. The Morgan fingerprint density at radius 3 is 0.818 bits per heavy atom. The fraction of sp³-hybridized carbons (Fsp3) is 1.00. The van der Waals surface area contributed by atoms with Crippen molar-refractivity contribution in [2.24, 2.45) is 0 Å². The predicted octanol–water partition coefficient (Wildman–Crippen LogP) is 3.87. The normalized spacial score (nSPS) is 11.5. The van der Waals surface area contributed by atoms with Gasteiger partial charge in [0.1, 0.15) is 0 Å². The van der Waals surface area contributed by atoms with E-state index in [4.69, 9.17) is 4.74 Å². The van der Waals surface area contributed by atoms with Gasteiger partial charge >= 0.3 is 0 Å². The quantitative estimate of drug-likeness (QED) is 0.525. The Kier molecular flexibility index (Phi) is 7.43. The molecule has 0 aromatic rings. The Morgan fingerprint density at radius 1 is 0.636 bits per heavy atom. The molecule has 72 valence electrons. The van der Waals surface area contributed by atoms with E-state index in [1.54, 1.807) is 0 Å². The van der Waals surface area contributed by atoms with Crippen LogP contribution in [0.3, 0.4) is 0 Å². The monoisotopic (exact) mass is 162 g/mol. The summed E-state index contributed by atoms with van der Waals surface area (Å²) in [5.74, 6) is 0. The van der Waals surface area contributed by atoms with Crippen LogP contribution in [0, 0.1) is 0 Å². The Balaban J connectivity index is -0.000000320. The zero-order valence-electron chi connectivity index (χ0n) is 7.41. The number of hydrogen-bond donors (Lipinski definition) is 0. The summed E-state index contributed by atoms with van der Waals surface area (Å²) in [5.41, 5.74) is -0.0312. The average Bonchev–Trinajstić information content (AvgIpc) is 1.14. The van der Waals surface area contributed by atoms with Crippen LogP contribution in [0.5, 0.6) is 0 Å². The highest BCUT2D eigenvalue weighted by atomic mass is 16.5. The summed E-state index contributed by atoms with van der Waals surface area (Å²) in [5, 5.41) is 0. The van der Waals surface area contributed by atoms with Crippen molar-refractivity contribution in [3.8, 4) is 0 Å². The molecule has 0 atom stereocenters. The molecule has 1 nitrogen and oxygen atoms in total. The highest BCUT2D eigenvalue weighted by Gasteiger charge is 2.19. The van der Waals surface area contributed by atoms with E-state index in [0.717, 1.165) is 0 Å². The van der Waals surface area contributed by atoms with Crippen molar-refractivity contribution < 1.29 is 4.74 Å². The smallest absolute Gasteiger partial charge is 0.0605 e. The van der Waals surface area contributed by atoms with Gasteiger partial charge in [0.25, 0.3) is 0 Å². The van der Waals surface area contributed by atoms with Crippen LogP contribution in [-0.4, -0.2) is 11.2 Å². The van der Waals surface area contributed by atoms with E-state index < -0.39 is 0 Å². The zero-order valence-corrected chi connectivity index (χ0v) is 7.41. The molecule has 0 N–H and O–H groups in total. The van der Waals surface area contributed by atoms with Crippen molar-refractivity contribution in [2.45, 2.75) is 67.6 Å². The summed E-state index contributed by atoms with van der Waals surface area (Å²) >= 11 is 0. The molecule has 0 aliphatic carbocycles. The van der Waals surface area contributed by atoms with Gasteiger partial charge in [-0.2, -0.15) is 0 Å². The molecule has 0 aliphatic rings. The summed E-state index contributed by atoms with van der Waals surface area (Å²) in [7, 11) is 0. The van der Waals surface area contributed by atoms with E-state index >= 15 is 0 Å². The molecule has 0 aromatic carbocycles. The molecule has 1 heteroatoms. The summed E-state index contributed by atoms with van der Waals surface area (Å²) in [6.45, 7) is 12.4. The first-order chi connectivity index (χ1) is 3.71. The first-order valence-electron chi connectivity index (χ1n) is 3.41. The predicted molar refractivity (Wildman–Crippen MR) is 54.1 cm³/mol. The van der Waals surface area contributed by atoms with Crippen molar-refractivity contribution in [3.63, 3.8) is 0 Å². The molecule has 0 unspecified atom stereocenters. The van der Waals surface area contributed by atoms with Crippen LogP contribution in [-0.2, 0) is 4.74 Å². The molecule has 0 radical (unpaired) electrons. The van der Waals surface area contributed by atoms with E-state index in [0.29, 0.717) is 0 Å².